The topological polar surface area (TPSA) is 37.3 Å². The van der Waals surface area contributed by atoms with E-state index in [0.717, 1.165) is 0 Å². The molecule has 0 radical (unpaired) electrons. The lowest BCUT2D eigenvalue weighted by molar-refractivity contribution is -0.136. The zero-order valence-corrected chi connectivity index (χ0v) is 4.77. The first-order chi connectivity index (χ1) is 3.18. The highest BCUT2D eigenvalue weighted by Crippen LogP contribution is 1.98. The minimum Gasteiger partial charge on any atom is -0.480 e. The van der Waals surface area contributed by atoms with Gasteiger partial charge in [-0.05, 0) is 6.42 Å². The molecule has 0 heterocycles. The lowest BCUT2D eigenvalue weighted by Crippen LogP contribution is -2.10. The Balaban J connectivity index is 3.34. The largest absolute Gasteiger partial charge is 0.480 e. The summed E-state index contributed by atoms with van der Waals surface area (Å²) in [5.41, 5.74) is 0. The quantitative estimate of drug-likeness (QED) is 0.557. The molecule has 0 aliphatic heterocycles. The van der Waals surface area contributed by atoms with Gasteiger partial charge in [0.05, 0.1) is 0 Å². The van der Waals surface area contributed by atoms with Gasteiger partial charge >= 0.3 is 5.97 Å². The normalized spacial score (nSPS) is 13.4. The first-order valence-electron chi connectivity index (χ1n) is 2.05. The third-order valence-corrected chi connectivity index (χ3v) is 1.12. The maximum atomic E-state index is 9.80. The maximum absolute atomic E-state index is 9.80. The van der Waals surface area contributed by atoms with Crippen molar-refractivity contribution >= 4 is 17.6 Å². The fraction of sp³-hybridized carbons (Fsp3) is 0.750. The Hall–Kier alpha value is -0.240. The molecule has 1 atom stereocenters. The lowest BCUT2D eigenvalue weighted by Gasteiger charge is -1.93. The number of carboxylic acid groups (broad SMARTS) is 1. The second-order valence-electron chi connectivity index (χ2n) is 1.21. The molecule has 0 aliphatic rings. The van der Waals surface area contributed by atoms with Crippen molar-refractivity contribution in [2.45, 2.75) is 18.7 Å². The molecule has 3 heteroatoms. The number of hydrogen-bond acceptors (Lipinski definition) is 1. The molecule has 0 rings (SSSR count). The Kier molecular flexibility index (Phi) is 2.76. The summed E-state index contributed by atoms with van der Waals surface area (Å²) in [5.74, 6) is -0.941. The molecule has 0 fully saturated rings. The number of hydrogen-bond donors (Lipinski definition) is 1. The highest BCUT2D eigenvalue weighted by atomic mass is 35.5. The van der Waals surface area contributed by atoms with E-state index in [1.165, 1.54) is 0 Å². The van der Waals surface area contributed by atoms with Crippen molar-refractivity contribution in [1.82, 2.24) is 0 Å². The van der Waals surface area contributed by atoms with E-state index >= 15 is 0 Å². The fourth-order valence-corrected chi connectivity index (χ4v) is 0.175. The third-order valence-electron chi connectivity index (χ3n) is 0.626. The van der Waals surface area contributed by atoms with Crippen LogP contribution >= 0.6 is 11.6 Å². The molecule has 0 aromatic carbocycles. The smallest absolute Gasteiger partial charge is 0.321 e. The molecule has 0 aromatic heterocycles. The summed E-state index contributed by atoms with van der Waals surface area (Å²) in [6.07, 6.45) is 0.483. The van der Waals surface area contributed by atoms with Gasteiger partial charge in [0.25, 0.3) is 0 Å². The predicted molar refractivity (Wildman–Crippen MR) is 27.6 cm³/mol. The van der Waals surface area contributed by atoms with Crippen molar-refractivity contribution in [3.05, 3.63) is 0 Å². The molecule has 42 valence electrons. The number of halogens is 1. The van der Waals surface area contributed by atoms with E-state index in [0.29, 0.717) is 6.42 Å². The van der Waals surface area contributed by atoms with E-state index in [1.54, 1.807) is 6.92 Å². The van der Waals surface area contributed by atoms with Gasteiger partial charge in [0.1, 0.15) is 5.38 Å². The van der Waals surface area contributed by atoms with Crippen molar-refractivity contribution in [3.63, 3.8) is 0 Å². The van der Waals surface area contributed by atoms with Crippen LogP contribution in [0.15, 0.2) is 0 Å². The van der Waals surface area contributed by atoms with E-state index in [9.17, 15) is 4.79 Å². The van der Waals surface area contributed by atoms with E-state index in [1.807, 2.05) is 0 Å². The number of alkyl halides is 1. The van der Waals surface area contributed by atoms with Crippen molar-refractivity contribution in [2.75, 3.05) is 0 Å². The van der Waals surface area contributed by atoms with Gasteiger partial charge in [0.15, 0.2) is 0 Å². The first kappa shape index (κ1) is 6.76. The number of aliphatic carboxylic acids is 1. The standard InChI is InChI=1S/C4H7ClO2/c1-2-3(5)4(6)7/h3H,2H2,1H3,(H,6,7)/t3-/m1/s1. The summed E-state index contributed by atoms with van der Waals surface area (Å²) in [4.78, 5) is 9.80. The van der Waals surface area contributed by atoms with Crippen LogP contribution in [-0.2, 0) is 4.79 Å². The summed E-state index contributed by atoms with van der Waals surface area (Å²) < 4.78 is 0. The van der Waals surface area contributed by atoms with Gasteiger partial charge in [0.2, 0.25) is 0 Å². The zero-order chi connectivity index (χ0) is 5.86. The van der Waals surface area contributed by atoms with Gasteiger partial charge < -0.3 is 5.11 Å². The predicted octanol–water partition coefficient (Wildman–Crippen LogP) is 1.09. The van der Waals surface area contributed by atoms with Crippen LogP contribution in [0, 0.1) is 0 Å². The van der Waals surface area contributed by atoms with Crippen LogP contribution in [0.25, 0.3) is 0 Å². The van der Waals surface area contributed by atoms with Crippen LogP contribution in [0.5, 0.6) is 0 Å². The molecule has 0 aromatic rings. The molecule has 0 saturated carbocycles. The van der Waals surface area contributed by atoms with E-state index in [-0.39, 0.29) is 0 Å². The average molecular weight is 123 g/mol. The zero-order valence-electron chi connectivity index (χ0n) is 4.02. The molecule has 0 spiro atoms. The minimum atomic E-state index is -0.941. The number of rotatable bonds is 2. The summed E-state index contributed by atoms with van der Waals surface area (Å²) in [7, 11) is 0. The molecule has 0 unspecified atom stereocenters. The molecule has 0 saturated heterocycles. The van der Waals surface area contributed by atoms with Crippen molar-refractivity contribution < 1.29 is 9.90 Å². The van der Waals surface area contributed by atoms with Gasteiger partial charge in [0, 0.05) is 0 Å². The van der Waals surface area contributed by atoms with Crippen LogP contribution in [0.4, 0.5) is 0 Å². The highest BCUT2D eigenvalue weighted by Gasteiger charge is 2.08. The Morgan fingerprint density at radius 1 is 2.00 bits per heavy atom. The molecule has 1 N–H and O–H groups in total. The second kappa shape index (κ2) is 2.86. The Morgan fingerprint density at radius 3 is 2.43 bits per heavy atom. The van der Waals surface area contributed by atoms with E-state index in [2.05, 4.69) is 0 Å². The molecule has 7 heavy (non-hydrogen) atoms. The second-order valence-corrected chi connectivity index (χ2v) is 1.74. The summed E-state index contributed by atoms with van der Waals surface area (Å²) in [6, 6.07) is 0. The summed E-state index contributed by atoms with van der Waals surface area (Å²) in [5, 5.41) is 7.34. The van der Waals surface area contributed by atoms with Crippen LogP contribution in [0.2, 0.25) is 0 Å². The van der Waals surface area contributed by atoms with Crippen LogP contribution in [-0.4, -0.2) is 16.5 Å². The molecule has 0 bridgehead atoms. The molecule has 0 aliphatic carbocycles. The van der Waals surface area contributed by atoms with Gasteiger partial charge in [-0.15, -0.1) is 11.6 Å². The third kappa shape index (κ3) is 2.45. The minimum absolute atomic E-state index is 0.483. The van der Waals surface area contributed by atoms with Gasteiger partial charge in [-0.2, -0.15) is 0 Å². The fourth-order valence-electron chi connectivity index (χ4n) is 0.175. The number of carbonyl (C=O) groups is 1. The van der Waals surface area contributed by atoms with Crippen LogP contribution in [0.3, 0.4) is 0 Å². The van der Waals surface area contributed by atoms with Crippen molar-refractivity contribution in [3.8, 4) is 0 Å². The van der Waals surface area contributed by atoms with Gasteiger partial charge in [-0.25, -0.2) is 0 Å². The SMILES string of the molecule is CC[C@@H](Cl)C(=O)O. The van der Waals surface area contributed by atoms with Gasteiger partial charge in [-0.3, -0.25) is 4.79 Å². The highest BCUT2D eigenvalue weighted by molar-refractivity contribution is 6.29. The lowest BCUT2D eigenvalue weighted by atomic mass is 10.3. The summed E-state index contributed by atoms with van der Waals surface area (Å²) in [6.45, 7) is 1.73. The van der Waals surface area contributed by atoms with Crippen LogP contribution < -0.4 is 0 Å². The van der Waals surface area contributed by atoms with Crippen molar-refractivity contribution in [2.24, 2.45) is 0 Å². The maximum Gasteiger partial charge on any atom is 0.321 e. The van der Waals surface area contributed by atoms with E-state index in [4.69, 9.17) is 16.7 Å². The number of carboxylic acids is 1. The Morgan fingerprint density at radius 2 is 2.43 bits per heavy atom. The Bertz CT molecular complexity index is 72.1. The molecular weight excluding hydrogens is 115 g/mol. The van der Waals surface area contributed by atoms with Gasteiger partial charge in [-0.1, -0.05) is 6.92 Å². The molecular formula is C4H7ClO2. The molecule has 2 nitrogen and oxygen atoms in total. The molecule has 0 amide bonds. The first-order valence-corrected chi connectivity index (χ1v) is 2.49. The van der Waals surface area contributed by atoms with Crippen LogP contribution in [0.1, 0.15) is 13.3 Å². The van der Waals surface area contributed by atoms with E-state index < -0.39 is 11.3 Å². The summed E-state index contributed by atoms with van der Waals surface area (Å²) >= 11 is 5.20. The average Bonchev–Trinajstić information content (AvgIpc) is 1.65. The van der Waals surface area contributed by atoms with Crippen molar-refractivity contribution in [1.29, 1.82) is 0 Å². The Labute approximate surface area is 47.1 Å². The monoisotopic (exact) mass is 122 g/mol.